The van der Waals surface area contributed by atoms with Crippen LogP contribution in [-0.4, -0.2) is 162 Å². The number of amides is 10. The number of halogens is 2. The van der Waals surface area contributed by atoms with Crippen molar-refractivity contribution in [2.75, 3.05) is 19.7 Å². The standard InChI is InChI=1S/C55H70F2N10O17/c1-30(61-42(70)12-9-13-48(77)84-67-44(72)17-18-45(67)73)51(79)62-31(2)53(81)66(40(50(59)78)26-41(58)69)38(52(80)60-22-20-43(71)63-37(54(82)83)16-19-47(75)76)21-23-65(46(74)29-68)49(55(3,4)5)39-24-33(35-25-34(56)14-15-36(35)57)28-64(39)27-32-10-7-6-8-11-32/h6-8,10-11,14-15,24-25,28,30-31,37-38,40,49,68H,9,12-13,16-23,26-27,29H2,1-5H3,(H2,58,69)(H2,59,78)(H,60,80)(H,61,70)(H,62,79)(H,63,71)(H,75,76)(H,82,83)/t30-,31+,37-,38-,40-,49-/m0/s1. The number of aliphatic hydroxyl groups is 1. The van der Waals surface area contributed by atoms with Gasteiger partial charge in [0.05, 0.1) is 12.5 Å². The van der Waals surface area contributed by atoms with Crippen molar-refractivity contribution < 1.29 is 91.3 Å². The van der Waals surface area contributed by atoms with Crippen LogP contribution in [0.1, 0.15) is 116 Å². The molecule has 27 nitrogen and oxygen atoms in total. The zero-order chi connectivity index (χ0) is 62.7. The molecule has 0 aliphatic carbocycles. The first-order chi connectivity index (χ1) is 39.4. The third kappa shape index (κ3) is 19.5. The van der Waals surface area contributed by atoms with Crippen LogP contribution in [0.2, 0.25) is 0 Å². The number of carbonyl (C=O) groups is 13. The molecule has 10 amide bonds. The summed E-state index contributed by atoms with van der Waals surface area (Å²) < 4.78 is 31.9. The minimum absolute atomic E-state index is 0.0946. The molecule has 6 atom stereocenters. The van der Waals surface area contributed by atoms with Crippen LogP contribution in [0.4, 0.5) is 8.78 Å². The number of nitrogens with one attached hydrogen (secondary N) is 4. The van der Waals surface area contributed by atoms with E-state index in [0.717, 1.165) is 35.6 Å². The average molecular weight is 1180 g/mol. The smallest absolute Gasteiger partial charge is 0.333 e. The number of carboxylic acids is 2. The molecule has 2 heterocycles. The molecule has 0 radical (unpaired) electrons. The zero-order valence-electron chi connectivity index (χ0n) is 46.9. The molecule has 456 valence electrons. The molecule has 11 N–H and O–H groups in total. The Labute approximate surface area is 480 Å². The molecule has 1 aliphatic heterocycles. The molecule has 1 aliphatic rings. The number of benzene rings is 2. The topological polar surface area (TPSA) is 407 Å². The summed E-state index contributed by atoms with van der Waals surface area (Å²) in [6.07, 6.45) is -3.26. The summed E-state index contributed by atoms with van der Waals surface area (Å²) >= 11 is 0. The van der Waals surface area contributed by atoms with Crippen molar-refractivity contribution in [1.29, 1.82) is 0 Å². The second-order valence-electron chi connectivity index (χ2n) is 20.9. The summed E-state index contributed by atoms with van der Waals surface area (Å²) in [6, 6.07) is 3.08. The van der Waals surface area contributed by atoms with Crippen LogP contribution in [0.5, 0.6) is 0 Å². The molecular formula is C55H70F2N10O17. The number of nitrogens with two attached hydrogens (primary N) is 2. The van der Waals surface area contributed by atoms with Gasteiger partial charge in [-0.2, -0.15) is 0 Å². The first-order valence-electron chi connectivity index (χ1n) is 26.6. The lowest BCUT2D eigenvalue weighted by Gasteiger charge is -2.42. The Morgan fingerprint density at radius 1 is 0.774 bits per heavy atom. The Morgan fingerprint density at radius 2 is 1.42 bits per heavy atom. The maximum absolute atomic E-state index is 15.5. The number of hydrogen-bond donors (Lipinski definition) is 9. The van der Waals surface area contributed by atoms with Crippen LogP contribution in [0.25, 0.3) is 11.1 Å². The van der Waals surface area contributed by atoms with E-state index in [1.165, 1.54) is 19.2 Å². The Balaban J connectivity index is 1.76. The predicted octanol–water partition coefficient (Wildman–Crippen LogP) is 0.434. The van der Waals surface area contributed by atoms with Crippen LogP contribution >= 0.6 is 0 Å². The lowest BCUT2D eigenvalue weighted by atomic mass is 9.82. The summed E-state index contributed by atoms with van der Waals surface area (Å²) in [6.45, 7) is 5.13. The first-order valence-corrected chi connectivity index (χ1v) is 26.6. The SMILES string of the molecule is C[C@H](NC(=O)CCCC(=O)ON1C(=O)CCC1=O)C(=O)N[C@H](C)C(=O)N([C@@H](CC(N)=O)C(N)=O)[C@@H](CCN(C(=O)CO)[C@@H](c1cc(-c2cc(F)ccc2F)cn1Cc1ccccc1)C(C)(C)C)C(=O)NCCC(=O)N[C@@H](CCC(=O)O)C(=O)O. The normalized spacial score (nSPS) is 14.4. The van der Waals surface area contributed by atoms with Gasteiger partial charge in [0.2, 0.25) is 47.3 Å². The number of nitrogens with zero attached hydrogens (tertiary/aromatic N) is 4. The number of rotatable bonds is 32. The van der Waals surface area contributed by atoms with E-state index in [0.29, 0.717) is 15.7 Å². The minimum Gasteiger partial charge on any atom is -0.481 e. The Morgan fingerprint density at radius 3 is 2.00 bits per heavy atom. The fourth-order valence-corrected chi connectivity index (χ4v) is 9.22. The Hall–Kier alpha value is -9.15. The van der Waals surface area contributed by atoms with E-state index in [1.54, 1.807) is 55.7 Å². The van der Waals surface area contributed by atoms with Gasteiger partial charge >= 0.3 is 17.9 Å². The van der Waals surface area contributed by atoms with Gasteiger partial charge in [0, 0.05) is 81.2 Å². The van der Waals surface area contributed by atoms with Gasteiger partial charge in [0.1, 0.15) is 48.5 Å². The van der Waals surface area contributed by atoms with Crippen LogP contribution in [0.3, 0.4) is 0 Å². The zero-order valence-corrected chi connectivity index (χ0v) is 46.9. The van der Waals surface area contributed by atoms with Crippen molar-refractivity contribution in [3.05, 3.63) is 83.7 Å². The van der Waals surface area contributed by atoms with Crippen LogP contribution in [-0.2, 0) is 73.7 Å². The number of carboxylic acid groups (broad SMARTS) is 2. The van der Waals surface area contributed by atoms with E-state index in [-0.39, 0.29) is 43.4 Å². The maximum atomic E-state index is 15.5. The number of aliphatic carboxylic acids is 2. The second-order valence-corrected chi connectivity index (χ2v) is 20.9. The molecule has 1 fully saturated rings. The van der Waals surface area contributed by atoms with Gasteiger partial charge in [0.25, 0.3) is 11.8 Å². The molecule has 84 heavy (non-hydrogen) atoms. The average Bonchev–Trinajstić information content (AvgIpc) is 2.16. The number of aromatic nitrogens is 1. The minimum atomic E-state index is -2.10. The largest absolute Gasteiger partial charge is 0.481 e. The molecule has 29 heteroatoms. The third-order valence-electron chi connectivity index (χ3n) is 13.2. The fourth-order valence-electron chi connectivity index (χ4n) is 9.22. The van der Waals surface area contributed by atoms with Crippen molar-refractivity contribution in [3.8, 4) is 11.1 Å². The molecule has 0 unspecified atom stereocenters. The number of aliphatic hydroxyl groups excluding tert-OH is 1. The summed E-state index contributed by atoms with van der Waals surface area (Å²) in [4.78, 5) is 175. The first kappa shape index (κ1) is 67.4. The summed E-state index contributed by atoms with van der Waals surface area (Å²) in [7, 11) is 0. The molecule has 0 bridgehead atoms. The monoisotopic (exact) mass is 1180 g/mol. The highest BCUT2D eigenvalue weighted by atomic mass is 19.1. The molecule has 4 rings (SSSR count). The number of carbonyl (C=O) groups excluding carboxylic acids is 11. The Bertz CT molecular complexity index is 2950. The Kier molecular flexibility index (Phi) is 24.7. The molecule has 2 aromatic carbocycles. The number of imide groups is 1. The van der Waals surface area contributed by atoms with E-state index in [4.69, 9.17) is 21.4 Å². The van der Waals surface area contributed by atoms with Crippen molar-refractivity contribution in [2.45, 2.75) is 142 Å². The fraction of sp³-hybridized carbons (Fsp3) is 0.473. The van der Waals surface area contributed by atoms with E-state index >= 15 is 4.39 Å². The molecule has 0 saturated carbocycles. The predicted molar refractivity (Wildman–Crippen MR) is 289 cm³/mol. The van der Waals surface area contributed by atoms with Crippen LogP contribution in [0.15, 0.2) is 60.8 Å². The molecule has 0 spiro atoms. The van der Waals surface area contributed by atoms with Gasteiger partial charge in [-0.05, 0) is 68.4 Å². The lowest BCUT2D eigenvalue weighted by molar-refractivity contribution is -0.197. The highest BCUT2D eigenvalue weighted by Gasteiger charge is 2.44. The van der Waals surface area contributed by atoms with Crippen LogP contribution in [0, 0.1) is 17.0 Å². The van der Waals surface area contributed by atoms with E-state index in [2.05, 4.69) is 21.3 Å². The molecule has 3 aromatic rings. The van der Waals surface area contributed by atoms with E-state index in [1.807, 2.05) is 0 Å². The summed E-state index contributed by atoms with van der Waals surface area (Å²) in [5.74, 6) is -15.8. The van der Waals surface area contributed by atoms with Crippen LogP contribution < -0.4 is 32.7 Å². The van der Waals surface area contributed by atoms with Gasteiger partial charge < -0.3 is 67.3 Å². The van der Waals surface area contributed by atoms with Crippen molar-refractivity contribution in [3.63, 3.8) is 0 Å². The number of primary amides is 2. The van der Waals surface area contributed by atoms with E-state index in [9.17, 15) is 76.9 Å². The highest BCUT2D eigenvalue weighted by molar-refractivity contribution is 6.02. The van der Waals surface area contributed by atoms with Gasteiger partial charge in [-0.1, -0.05) is 51.1 Å². The number of hydroxylamine groups is 2. The van der Waals surface area contributed by atoms with Crippen molar-refractivity contribution in [2.24, 2.45) is 16.9 Å². The highest BCUT2D eigenvalue weighted by Crippen LogP contribution is 2.41. The molecular weight excluding hydrogens is 1110 g/mol. The van der Waals surface area contributed by atoms with Gasteiger partial charge in [-0.25, -0.2) is 18.4 Å². The lowest BCUT2D eigenvalue weighted by Crippen LogP contribution is -2.63. The van der Waals surface area contributed by atoms with Gasteiger partial charge in [-0.15, -0.1) is 5.06 Å². The summed E-state index contributed by atoms with van der Waals surface area (Å²) in [5.41, 5.74) is 11.4. The van der Waals surface area contributed by atoms with Crippen molar-refractivity contribution >= 4 is 77.0 Å². The number of hydrogen-bond acceptors (Lipinski definition) is 15. The quantitative estimate of drug-likeness (QED) is 0.0383. The van der Waals surface area contributed by atoms with Gasteiger partial charge in [-0.3, -0.25) is 52.7 Å². The van der Waals surface area contributed by atoms with Crippen molar-refractivity contribution in [1.82, 2.24) is 40.7 Å². The maximum Gasteiger partial charge on any atom is 0.333 e. The summed E-state index contributed by atoms with van der Waals surface area (Å²) in [5, 5.41) is 38.9. The third-order valence-corrected chi connectivity index (χ3v) is 13.2. The molecule has 1 aromatic heterocycles. The molecule has 1 saturated heterocycles. The van der Waals surface area contributed by atoms with Gasteiger partial charge in [0.15, 0.2) is 0 Å². The second kappa shape index (κ2) is 30.8. The van der Waals surface area contributed by atoms with E-state index < -0.39 is 189 Å².